The van der Waals surface area contributed by atoms with Gasteiger partial charge in [0.15, 0.2) is 0 Å². The Morgan fingerprint density at radius 2 is 2.26 bits per heavy atom. The Morgan fingerprint density at radius 3 is 2.84 bits per heavy atom. The molecule has 0 heterocycles. The van der Waals surface area contributed by atoms with Gasteiger partial charge in [0, 0.05) is 0 Å². The van der Waals surface area contributed by atoms with Gasteiger partial charge in [0.1, 0.15) is 5.82 Å². The normalized spacial score (nSPS) is 11.5. The van der Waals surface area contributed by atoms with Crippen LogP contribution in [0.15, 0.2) is 30.9 Å². The first-order valence-electron chi connectivity index (χ1n) is 5.54. The zero-order valence-electron chi connectivity index (χ0n) is 10.5. The van der Waals surface area contributed by atoms with Crippen LogP contribution in [0.1, 0.15) is 16.8 Å². The van der Waals surface area contributed by atoms with Gasteiger partial charge in [-0.05, 0) is 24.6 Å². The summed E-state index contributed by atoms with van der Waals surface area (Å²) in [6.45, 7) is 3.48. The third kappa shape index (κ3) is 3.89. The summed E-state index contributed by atoms with van der Waals surface area (Å²) in [5, 5.41) is 2.46. The number of methoxy groups -OCH3 is 1. The fraction of sp³-hybridized carbons (Fsp3) is 0.231. The highest BCUT2D eigenvalue weighted by Gasteiger charge is 2.17. The number of hydrogen-bond donors (Lipinski definition) is 2. The lowest BCUT2D eigenvalue weighted by Crippen LogP contribution is -2.35. The van der Waals surface area contributed by atoms with Crippen molar-refractivity contribution in [2.24, 2.45) is 5.73 Å². The van der Waals surface area contributed by atoms with Crippen LogP contribution in [-0.2, 0) is 9.53 Å². The van der Waals surface area contributed by atoms with Crippen LogP contribution >= 0.6 is 0 Å². The molecule has 0 aliphatic carbocycles. The molecular weight excluding hydrogens is 251 g/mol. The monoisotopic (exact) mass is 266 g/mol. The van der Waals surface area contributed by atoms with Crippen molar-refractivity contribution in [3.8, 4) is 0 Å². The number of carbonyl (C=O) groups is 2. The molecule has 0 bridgehead atoms. The lowest BCUT2D eigenvalue weighted by atomic mass is 10.1. The van der Waals surface area contributed by atoms with E-state index in [0.29, 0.717) is 6.42 Å². The van der Waals surface area contributed by atoms with Gasteiger partial charge in [-0.1, -0.05) is 6.08 Å². The number of benzene rings is 1. The first kappa shape index (κ1) is 14.8. The minimum Gasteiger partial charge on any atom is -0.465 e. The smallest absolute Gasteiger partial charge is 0.340 e. The summed E-state index contributed by atoms with van der Waals surface area (Å²) in [6, 6.07) is 2.61. The largest absolute Gasteiger partial charge is 0.465 e. The Kier molecular flexibility index (Phi) is 5.20. The van der Waals surface area contributed by atoms with E-state index in [2.05, 4.69) is 16.6 Å². The zero-order valence-corrected chi connectivity index (χ0v) is 10.5. The molecule has 1 aromatic carbocycles. The van der Waals surface area contributed by atoms with Gasteiger partial charge in [0.05, 0.1) is 24.4 Å². The number of nitrogens with two attached hydrogens (primary N) is 1. The lowest BCUT2D eigenvalue weighted by molar-refractivity contribution is -0.117. The van der Waals surface area contributed by atoms with Gasteiger partial charge < -0.3 is 15.8 Å². The van der Waals surface area contributed by atoms with E-state index in [1.807, 2.05) is 0 Å². The van der Waals surface area contributed by atoms with E-state index < -0.39 is 23.7 Å². The van der Waals surface area contributed by atoms with Crippen LogP contribution in [0.25, 0.3) is 0 Å². The number of rotatable bonds is 5. The van der Waals surface area contributed by atoms with Gasteiger partial charge in [-0.15, -0.1) is 6.58 Å². The number of halogens is 1. The van der Waals surface area contributed by atoms with Gasteiger partial charge in [-0.25, -0.2) is 9.18 Å². The molecule has 0 aliphatic heterocycles. The molecule has 1 atom stereocenters. The third-order valence-electron chi connectivity index (χ3n) is 2.40. The molecule has 19 heavy (non-hydrogen) atoms. The number of ether oxygens (including phenoxy) is 1. The van der Waals surface area contributed by atoms with Gasteiger partial charge in [-0.3, -0.25) is 4.79 Å². The molecule has 102 valence electrons. The van der Waals surface area contributed by atoms with Crippen molar-refractivity contribution in [1.82, 2.24) is 0 Å². The summed E-state index contributed by atoms with van der Waals surface area (Å²) in [6.07, 6.45) is 1.80. The second-order valence-electron chi connectivity index (χ2n) is 3.80. The topological polar surface area (TPSA) is 81.4 Å². The number of hydrogen-bond acceptors (Lipinski definition) is 4. The predicted molar refractivity (Wildman–Crippen MR) is 69.2 cm³/mol. The van der Waals surface area contributed by atoms with Crippen LogP contribution in [0.5, 0.6) is 0 Å². The minimum atomic E-state index is -0.784. The van der Waals surface area contributed by atoms with Crippen molar-refractivity contribution in [2.75, 3.05) is 12.4 Å². The first-order valence-corrected chi connectivity index (χ1v) is 5.54. The molecule has 1 unspecified atom stereocenters. The molecule has 0 saturated heterocycles. The summed E-state index contributed by atoms with van der Waals surface area (Å²) < 4.78 is 17.6. The molecule has 6 heteroatoms. The first-order chi connectivity index (χ1) is 8.99. The molecule has 5 nitrogen and oxygen atoms in total. The van der Waals surface area contributed by atoms with Crippen LogP contribution in [0, 0.1) is 5.82 Å². The SMILES string of the molecule is C=CCC(N)C(=O)Nc1ccc(F)cc1C(=O)OC. The molecule has 1 amide bonds. The average molecular weight is 266 g/mol. The van der Waals surface area contributed by atoms with Gasteiger partial charge in [0.25, 0.3) is 0 Å². The number of carbonyl (C=O) groups excluding carboxylic acids is 2. The molecule has 1 rings (SSSR count). The average Bonchev–Trinajstić information content (AvgIpc) is 2.40. The molecule has 3 N–H and O–H groups in total. The van der Waals surface area contributed by atoms with Crippen molar-refractivity contribution >= 4 is 17.6 Å². The Labute approximate surface area is 110 Å². The summed E-state index contributed by atoms with van der Waals surface area (Å²) >= 11 is 0. The second kappa shape index (κ2) is 6.65. The summed E-state index contributed by atoms with van der Waals surface area (Å²) in [4.78, 5) is 23.2. The van der Waals surface area contributed by atoms with Crippen molar-refractivity contribution in [2.45, 2.75) is 12.5 Å². The van der Waals surface area contributed by atoms with Crippen molar-refractivity contribution in [3.63, 3.8) is 0 Å². The van der Waals surface area contributed by atoms with E-state index in [4.69, 9.17) is 5.73 Å². The highest BCUT2D eigenvalue weighted by molar-refractivity contribution is 6.02. The molecule has 0 aromatic heterocycles. The fourth-order valence-electron chi connectivity index (χ4n) is 1.42. The summed E-state index contributed by atoms with van der Waals surface area (Å²) in [7, 11) is 1.17. The Balaban J connectivity index is 2.97. The number of anilines is 1. The molecule has 0 spiro atoms. The standard InChI is InChI=1S/C13H15FN2O3/c1-3-4-10(15)12(17)16-11-6-5-8(14)7-9(11)13(18)19-2/h3,5-7,10H,1,4,15H2,2H3,(H,16,17). The Hall–Kier alpha value is -2.21. The molecule has 0 aliphatic rings. The number of amides is 1. The maximum atomic E-state index is 13.1. The van der Waals surface area contributed by atoms with E-state index in [-0.39, 0.29) is 11.3 Å². The van der Waals surface area contributed by atoms with Crippen molar-refractivity contribution in [3.05, 3.63) is 42.2 Å². The molecule has 0 saturated carbocycles. The highest BCUT2D eigenvalue weighted by Crippen LogP contribution is 2.18. The van der Waals surface area contributed by atoms with E-state index in [1.165, 1.54) is 19.3 Å². The van der Waals surface area contributed by atoms with E-state index in [9.17, 15) is 14.0 Å². The Bertz CT molecular complexity index is 503. The molecule has 0 radical (unpaired) electrons. The third-order valence-corrected chi connectivity index (χ3v) is 2.40. The summed E-state index contributed by atoms with van der Waals surface area (Å²) in [5.41, 5.74) is 5.67. The maximum Gasteiger partial charge on any atom is 0.340 e. The highest BCUT2D eigenvalue weighted by atomic mass is 19.1. The quantitative estimate of drug-likeness (QED) is 0.624. The fourth-order valence-corrected chi connectivity index (χ4v) is 1.42. The molecule has 1 aromatic rings. The van der Waals surface area contributed by atoms with Crippen LogP contribution in [0.3, 0.4) is 0 Å². The van der Waals surface area contributed by atoms with E-state index >= 15 is 0 Å². The van der Waals surface area contributed by atoms with Crippen LogP contribution in [0.2, 0.25) is 0 Å². The van der Waals surface area contributed by atoms with Crippen LogP contribution in [0.4, 0.5) is 10.1 Å². The second-order valence-corrected chi connectivity index (χ2v) is 3.80. The number of nitrogens with one attached hydrogen (secondary N) is 1. The molecule has 0 fully saturated rings. The van der Waals surface area contributed by atoms with Crippen LogP contribution in [-0.4, -0.2) is 25.0 Å². The number of esters is 1. The van der Waals surface area contributed by atoms with Gasteiger partial charge in [0.2, 0.25) is 5.91 Å². The zero-order chi connectivity index (χ0) is 14.4. The van der Waals surface area contributed by atoms with Crippen molar-refractivity contribution < 1.29 is 18.7 Å². The van der Waals surface area contributed by atoms with E-state index in [1.54, 1.807) is 0 Å². The van der Waals surface area contributed by atoms with Gasteiger partial charge in [-0.2, -0.15) is 0 Å². The summed E-state index contributed by atoms with van der Waals surface area (Å²) in [5.74, 6) is -1.84. The molecular formula is C13H15FN2O3. The van der Waals surface area contributed by atoms with Crippen molar-refractivity contribution in [1.29, 1.82) is 0 Å². The lowest BCUT2D eigenvalue weighted by Gasteiger charge is -2.13. The van der Waals surface area contributed by atoms with Gasteiger partial charge >= 0.3 is 5.97 Å². The predicted octanol–water partition coefficient (Wildman–Crippen LogP) is 1.45. The maximum absolute atomic E-state index is 13.1. The van der Waals surface area contributed by atoms with E-state index in [0.717, 1.165) is 12.1 Å². The minimum absolute atomic E-state index is 0.0679. The van der Waals surface area contributed by atoms with Crippen LogP contribution < -0.4 is 11.1 Å². The Morgan fingerprint density at radius 1 is 1.58 bits per heavy atom.